The van der Waals surface area contributed by atoms with Crippen LogP contribution in [0.25, 0.3) is 11.3 Å². The highest BCUT2D eigenvalue weighted by atomic mass is 127. The van der Waals surface area contributed by atoms with Crippen molar-refractivity contribution in [2.75, 3.05) is 11.1 Å². The van der Waals surface area contributed by atoms with Crippen molar-refractivity contribution in [2.24, 2.45) is 0 Å². The van der Waals surface area contributed by atoms with E-state index in [0.29, 0.717) is 5.75 Å². The van der Waals surface area contributed by atoms with Gasteiger partial charge in [-0.25, -0.2) is 4.98 Å². The Bertz CT molecular complexity index is 864. The average Bonchev–Trinajstić information content (AvgIpc) is 3.03. The lowest BCUT2D eigenvalue weighted by Gasteiger charge is -2.09. The molecule has 0 saturated carbocycles. The van der Waals surface area contributed by atoms with Crippen molar-refractivity contribution in [3.8, 4) is 11.3 Å². The van der Waals surface area contributed by atoms with Crippen molar-refractivity contribution in [1.29, 1.82) is 0 Å². The molecule has 0 aliphatic carbocycles. The van der Waals surface area contributed by atoms with E-state index in [0.717, 1.165) is 32.2 Å². The molecule has 0 fully saturated rings. The number of carbonyl (C=O) groups excluding carboxylic acids is 1. The lowest BCUT2D eigenvalue weighted by Crippen LogP contribution is -2.14. The second-order valence-corrected chi connectivity index (χ2v) is 7.57. The summed E-state index contributed by atoms with van der Waals surface area (Å²) in [4.78, 5) is 16.7. The van der Waals surface area contributed by atoms with Gasteiger partial charge in [-0.2, -0.15) is 0 Å². The number of benzene rings is 2. The number of imidazole rings is 1. The van der Waals surface area contributed by atoms with Gasteiger partial charge in [-0.15, -0.1) is 0 Å². The summed E-state index contributed by atoms with van der Waals surface area (Å²) in [6, 6.07) is 17.9. The first-order chi connectivity index (χ1) is 12.2. The molecule has 3 aromatic rings. The maximum atomic E-state index is 12.2. The molecule has 6 heteroatoms. The number of amides is 1. The largest absolute Gasteiger partial charge is 0.325 e. The Hall–Kier alpha value is -1.80. The maximum absolute atomic E-state index is 12.2. The van der Waals surface area contributed by atoms with E-state index in [-0.39, 0.29) is 5.91 Å². The van der Waals surface area contributed by atoms with Crippen molar-refractivity contribution in [3.63, 3.8) is 0 Å². The van der Waals surface area contributed by atoms with Gasteiger partial charge < -0.3 is 9.88 Å². The molecular weight excluding hydrogens is 445 g/mol. The number of halogens is 1. The summed E-state index contributed by atoms with van der Waals surface area (Å²) >= 11 is 3.69. The predicted molar refractivity (Wildman–Crippen MR) is 112 cm³/mol. The molecule has 0 radical (unpaired) electrons. The van der Waals surface area contributed by atoms with E-state index in [1.54, 1.807) is 0 Å². The number of nitrogens with zero attached hydrogens (tertiary/aromatic N) is 2. The van der Waals surface area contributed by atoms with Gasteiger partial charge >= 0.3 is 0 Å². The highest BCUT2D eigenvalue weighted by molar-refractivity contribution is 14.1. The van der Waals surface area contributed by atoms with Crippen molar-refractivity contribution in [2.45, 2.75) is 18.6 Å². The summed E-state index contributed by atoms with van der Waals surface area (Å²) in [6.45, 7) is 2.90. The van der Waals surface area contributed by atoms with Crippen LogP contribution in [0.2, 0.25) is 0 Å². The van der Waals surface area contributed by atoms with Crippen LogP contribution in [0.4, 0.5) is 5.69 Å². The van der Waals surface area contributed by atoms with Gasteiger partial charge in [-0.05, 0) is 53.3 Å². The molecule has 0 unspecified atom stereocenters. The number of hydrogen-bond donors (Lipinski definition) is 1. The molecule has 0 bridgehead atoms. The standard InChI is InChI=1S/C19H18IN3OS/c1-2-23-17(14-7-4-3-5-8-14)12-21-19(23)25-13-18(24)22-16-10-6-9-15(20)11-16/h3-12H,2,13H2,1H3,(H,22,24). The predicted octanol–water partition coefficient (Wildman–Crippen LogP) is 4.91. The van der Waals surface area contributed by atoms with Crippen LogP contribution in [0.1, 0.15) is 6.92 Å². The van der Waals surface area contributed by atoms with E-state index in [1.807, 2.05) is 48.7 Å². The Labute approximate surface area is 165 Å². The second-order valence-electron chi connectivity index (χ2n) is 5.38. The van der Waals surface area contributed by atoms with Gasteiger partial charge in [0.25, 0.3) is 0 Å². The molecule has 0 aliphatic rings. The topological polar surface area (TPSA) is 46.9 Å². The molecule has 1 heterocycles. The van der Waals surface area contributed by atoms with E-state index in [4.69, 9.17) is 0 Å². The first-order valence-electron chi connectivity index (χ1n) is 7.96. The first kappa shape index (κ1) is 18.0. The van der Waals surface area contributed by atoms with Crippen LogP contribution in [0, 0.1) is 3.57 Å². The number of aromatic nitrogens is 2. The fourth-order valence-corrected chi connectivity index (χ4v) is 3.90. The van der Waals surface area contributed by atoms with Gasteiger partial charge in [-0.3, -0.25) is 4.79 Å². The van der Waals surface area contributed by atoms with Gasteiger partial charge in [0, 0.05) is 15.8 Å². The molecule has 0 aliphatic heterocycles. The van der Waals surface area contributed by atoms with Crippen LogP contribution in [0.15, 0.2) is 66.0 Å². The molecule has 3 rings (SSSR count). The van der Waals surface area contributed by atoms with Gasteiger partial charge in [-0.1, -0.05) is 48.2 Å². The molecule has 1 aromatic heterocycles. The van der Waals surface area contributed by atoms with Crippen LogP contribution in [-0.2, 0) is 11.3 Å². The molecule has 128 valence electrons. The van der Waals surface area contributed by atoms with E-state index in [9.17, 15) is 4.79 Å². The second kappa shape index (κ2) is 8.53. The number of thioether (sulfide) groups is 1. The van der Waals surface area contributed by atoms with Crippen molar-refractivity contribution >= 4 is 45.9 Å². The molecule has 2 aromatic carbocycles. The average molecular weight is 463 g/mol. The third-order valence-electron chi connectivity index (χ3n) is 3.65. The number of rotatable bonds is 6. The zero-order chi connectivity index (χ0) is 17.6. The molecule has 0 spiro atoms. The van der Waals surface area contributed by atoms with E-state index in [2.05, 4.69) is 56.5 Å². The third kappa shape index (κ3) is 4.64. The number of nitrogens with one attached hydrogen (secondary N) is 1. The first-order valence-corrected chi connectivity index (χ1v) is 10.0. The molecular formula is C19H18IN3OS. The van der Waals surface area contributed by atoms with Crippen LogP contribution in [0.5, 0.6) is 0 Å². The lowest BCUT2D eigenvalue weighted by atomic mass is 10.2. The minimum Gasteiger partial charge on any atom is -0.325 e. The quantitative estimate of drug-likeness (QED) is 0.418. The van der Waals surface area contributed by atoms with Crippen molar-refractivity contribution < 1.29 is 4.79 Å². The Morgan fingerprint density at radius 1 is 1.20 bits per heavy atom. The molecule has 1 N–H and O–H groups in total. The smallest absolute Gasteiger partial charge is 0.234 e. The summed E-state index contributed by atoms with van der Waals surface area (Å²) in [5, 5.41) is 3.79. The summed E-state index contributed by atoms with van der Waals surface area (Å²) in [5.41, 5.74) is 3.02. The minimum atomic E-state index is -0.0288. The lowest BCUT2D eigenvalue weighted by molar-refractivity contribution is -0.113. The van der Waals surface area contributed by atoms with Gasteiger partial charge in [0.1, 0.15) is 0 Å². The fraction of sp³-hybridized carbons (Fsp3) is 0.158. The number of hydrogen-bond acceptors (Lipinski definition) is 3. The Balaban J connectivity index is 1.67. The van der Waals surface area contributed by atoms with Crippen LogP contribution in [0.3, 0.4) is 0 Å². The minimum absolute atomic E-state index is 0.0288. The summed E-state index contributed by atoms with van der Waals surface area (Å²) < 4.78 is 3.23. The van der Waals surface area contributed by atoms with Crippen LogP contribution in [-0.4, -0.2) is 21.2 Å². The van der Waals surface area contributed by atoms with Crippen molar-refractivity contribution in [3.05, 3.63) is 64.4 Å². The Morgan fingerprint density at radius 2 is 2.00 bits per heavy atom. The molecule has 1 amide bonds. The number of anilines is 1. The molecule has 25 heavy (non-hydrogen) atoms. The van der Waals surface area contributed by atoms with Gasteiger partial charge in [0.05, 0.1) is 17.6 Å². The zero-order valence-corrected chi connectivity index (χ0v) is 16.8. The molecule has 0 atom stereocenters. The van der Waals surface area contributed by atoms with Crippen LogP contribution < -0.4 is 5.32 Å². The van der Waals surface area contributed by atoms with Crippen molar-refractivity contribution in [1.82, 2.24) is 9.55 Å². The van der Waals surface area contributed by atoms with E-state index < -0.39 is 0 Å². The van der Waals surface area contributed by atoms with Crippen LogP contribution >= 0.6 is 34.4 Å². The number of carbonyl (C=O) groups is 1. The fourth-order valence-electron chi connectivity index (χ4n) is 2.51. The van der Waals surface area contributed by atoms with E-state index >= 15 is 0 Å². The Kier molecular flexibility index (Phi) is 6.14. The Morgan fingerprint density at radius 3 is 2.72 bits per heavy atom. The van der Waals surface area contributed by atoms with E-state index in [1.165, 1.54) is 11.8 Å². The highest BCUT2D eigenvalue weighted by Gasteiger charge is 2.12. The SMILES string of the molecule is CCn1c(-c2ccccc2)cnc1SCC(=O)Nc1cccc(I)c1. The zero-order valence-electron chi connectivity index (χ0n) is 13.8. The van der Waals surface area contributed by atoms with Gasteiger partial charge in [0.2, 0.25) is 5.91 Å². The highest BCUT2D eigenvalue weighted by Crippen LogP contribution is 2.26. The summed E-state index contributed by atoms with van der Waals surface area (Å²) in [5.74, 6) is 0.301. The normalized spacial score (nSPS) is 10.6. The molecule has 4 nitrogen and oxygen atoms in total. The third-order valence-corrected chi connectivity index (χ3v) is 5.31. The maximum Gasteiger partial charge on any atom is 0.234 e. The summed E-state index contributed by atoms with van der Waals surface area (Å²) in [7, 11) is 0. The molecule has 0 saturated heterocycles. The van der Waals surface area contributed by atoms with Gasteiger partial charge in [0.15, 0.2) is 5.16 Å². The summed E-state index contributed by atoms with van der Waals surface area (Å²) in [6.07, 6.45) is 1.87. The monoisotopic (exact) mass is 463 g/mol.